The van der Waals surface area contributed by atoms with Gasteiger partial charge in [-0.05, 0) is 38.0 Å². The van der Waals surface area contributed by atoms with Gasteiger partial charge in [0.1, 0.15) is 0 Å². The smallest absolute Gasteiger partial charge is 0.158 e. The molecule has 1 spiro atoms. The van der Waals surface area contributed by atoms with Gasteiger partial charge in [0, 0.05) is 16.2 Å². The van der Waals surface area contributed by atoms with Crippen molar-refractivity contribution in [2.45, 2.75) is 42.1 Å². The van der Waals surface area contributed by atoms with E-state index in [9.17, 15) is 0 Å². The standard InChI is InChI=1S/C10H13BrN2/c11-9-3-6-1-7(4-9)10(12-13-10)8(2-6)5-9/h6-8H,1-5H2/t6?,7-,8+,9?. The molecule has 4 fully saturated rings. The molecule has 0 radical (unpaired) electrons. The van der Waals surface area contributed by atoms with Crippen molar-refractivity contribution in [2.24, 2.45) is 28.0 Å². The minimum Gasteiger partial charge on any atom is -0.158 e. The van der Waals surface area contributed by atoms with E-state index < -0.39 is 0 Å². The molecule has 4 saturated carbocycles. The monoisotopic (exact) mass is 240 g/mol. The second-order valence-electron chi connectivity index (χ2n) is 5.48. The zero-order valence-corrected chi connectivity index (χ0v) is 9.13. The van der Waals surface area contributed by atoms with Gasteiger partial charge in [-0.3, -0.25) is 0 Å². The Bertz CT molecular complexity index is 288. The molecule has 2 unspecified atom stereocenters. The number of alkyl halides is 1. The molecule has 3 heteroatoms. The quantitative estimate of drug-likeness (QED) is 0.582. The van der Waals surface area contributed by atoms with Gasteiger partial charge < -0.3 is 0 Å². The summed E-state index contributed by atoms with van der Waals surface area (Å²) < 4.78 is 0.488. The van der Waals surface area contributed by atoms with Crippen molar-refractivity contribution in [3.8, 4) is 0 Å². The summed E-state index contributed by atoms with van der Waals surface area (Å²) in [5.41, 5.74) is 0.147. The van der Waals surface area contributed by atoms with E-state index in [-0.39, 0.29) is 5.66 Å². The molecule has 1 aliphatic heterocycles. The minimum absolute atomic E-state index is 0.147. The maximum Gasteiger partial charge on any atom is 0.196 e. The first kappa shape index (κ1) is 7.38. The van der Waals surface area contributed by atoms with E-state index in [1.807, 2.05) is 0 Å². The molecule has 5 rings (SSSR count). The van der Waals surface area contributed by atoms with E-state index in [0.29, 0.717) is 4.32 Å². The molecule has 4 aliphatic carbocycles. The van der Waals surface area contributed by atoms with Crippen LogP contribution in [0.4, 0.5) is 0 Å². The van der Waals surface area contributed by atoms with Crippen molar-refractivity contribution in [1.29, 1.82) is 0 Å². The lowest BCUT2D eigenvalue weighted by Gasteiger charge is -2.56. The molecule has 0 N–H and O–H groups in total. The highest BCUT2D eigenvalue weighted by Crippen LogP contribution is 2.67. The van der Waals surface area contributed by atoms with Crippen molar-refractivity contribution in [2.75, 3.05) is 0 Å². The van der Waals surface area contributed by atoms with Gasteiger partial charge in [-0.1, -0.05) is 15.9 Å². The molecule has 13 heavy (non-hydrogen) atoms. The highest BCUT2D eigenvalue weighted by molar-refractivity contribution is 9.10. The maximum absolute atomic E-state index is 4.37. The Morgan fingerprint density at radius 3 is 2.08 bits per heavy atom. The first-order chi connectivity index (χ1) is 6.20. The topological polar surface area (TPSA) is 24.7 Å². The zero-order chi connectivity index (χ0) is 8.68. The molecule has 0 aromatic carbocycles. The van der Waals surface area contributed by atoms with E-state index in [2.05, 4.69) is 26.2 Å². The van der Waals surface area contributed by atoms with Crippen molar-refractivity contribution in [1.82, 2.24) is 0 Å². The van der Waals surface area contributed by atoms with Crippen molar-refractivity contribution >= 4 is 15.9 Å². The third-order valence-corrected chi connectivity index (χ3v) is 5.62. The summed E-state index contributed by atoms with van der Waals surface area (Å²) in [4.78, 5) is 0. The Morgan fingerprint density at radius 2 is 1.62 bits per heavy atom. The zero-order valence-electron chi connectivity index (χ0n) is 7.54. The summed E-state index contributed by atoms with van der Waals surface area (Å²) in [5.74, 6) is 2.56. The summed E-state index contributed by atoms with van der Waals surface area (Å²) in [6.07, 6.45) is 6.86. The van der Waals surface area contributed by atoms with Gasteiger partial charge in [-0.2, -0.15) is 10.2 Å². The Balaban J connectivity index is 1.79. The summed E-state index contributed by atoms with van der Waals surface area (Å²) >= 11 is 3.95. The molecule has 0 saturated heterocycles. The van der Waals surface area contributed by atoms with E-state index in [0.717, 1.165) is 17.8 Å². The molecule has 70 valence electrons. The third kappa shape index (κ3) is 0.764. The number of rotatable bonds is 0. The average molecular weight is 241 g/mol. The van der Waals surface area contributed by atoms with Crippen molar-refractivity contribution < 1.29 is 0 Å². The van der Waals surface area contributed by atoms with Gasteiger partial charge in [-0.15, -0.1) is 0 Å². The summed E-state index contributed by atoms with van der Waals surface area (Å²) in [6.45, 7) is 0. The van der Waals surface area contributed by atoms with Crippen LogP contribution in [-0.4, -0.2) is 9.99 Å². The lowest BCUT2D eigenvalue weighted by Crippen LogP contribution is -2.56. The van der Waals surface area contributed by atoms with Gasteiger partial charge in [0.15, 0.2) is 5.66 Å². The molecule has 4 atom stereocenters. The molecule has 5 aliphatic rings. The number of halogens is 1. The molecule has 1 heterocycles. The fourth-order valence-electron chi connectivity index (χ4n) is 4.25. The lowest BCUT2D eigenvalue weighted by atomic mass is 9.52. The maximum atomic E-state index is 4.37. The van der Waals surface area contributed by atoms with Crippen molar-refractivity contribution in [3.05, 3.63) is 0 Å². The molecular weight excluding hydrogens is 228 g/mol. The van der Waals surface area contributed by atoms with Crippen LogP contribution >= 0.6 is 15.9 Å². The highest BCUT2D eigenvalue weighted by Gasteiger charge is 2.66. The predicted molar refractivity (Wildman–Crippen MR) is 52.8 cm³/mol. The van der Waals surface area contributed by atoms with E-state index in [1.165, 1.54) is 32.1 Å². The SMILES string of the molecule is BrC12CC3C[C@H](C1)C1(N=N1)[C@@H](C3)C2. The van der Waals surface area contributed by atoms with Crippen LogP contribution in [-0.2, 0) is 0 Å². The van der Waals surface area contributed by atoms with Gasteiger partial charge >= 0.3 is 0 Å². The van der Waals surface area contributed by atoms with Gasteiger partial charge in [0.2, 0.25) is 0 Å². The van der Waals surface area contributed by atoms with Gasteiger partial charge in [-0.25, -0.2) is 0 Å². The Kier molecular flexibility index (Phi) is 1.07. The first-order valence-corrected chi connectivity index (χ1v) is 6.12. The first-order valence-electron chi connectivity index (χ1n) is 5.33. The minimum atomic E-state index is 0.147. The fraction of sp³-hybridized carbons (Fsp3) is 1.00. The highest BCUT2D eigenvalue weighted by atomic mass is 79.9. The summed E-state index contributed by atoms with van der Waals surface area (Å²) in [5, 5.41) is 8.74. The second kappa shape index (κ2) is 1.88. The molecule has 2 nitrogen and oxygen atoms in total. The Hall–Kier alpha value is 0.0800. The number of hydrogen-bond donors (Lipinski definition) is 0. The molecule has 0 amide bonds. The predicted octanol–water partition coefficient (Wildman–Crippen LogP) is 3.12. The molecule has 0 aromatic heterocycles. The van der Waals surface area contributed by atoms with Gasteiger partial charge in [0.05, 0.1) is 0 Å². The third-order valence-electron chi connectivity index (χ3n) is 4.65. The van der Waals surface area contributed by atoms with Crippen LogP contribution in [0.15, 0.2) is 10.2 Å². The van der Waals surface area contributed by atoms with E-state index >= 15 is 0 Å². The van der Waals surface area contributed by atoms with Crippen LogP contribution in [0.2, 0.25) is 0 Å². The second-order valence-corrected chi connectivity index (χ2v) is 7.16. The van der Waals surface area contributed by atoms with Crippen LogP contribution in [0.1, 0.15) is 32.1 Å². The number of nitrogens with zero attached hydrogens (tertiary/aromatic N) is 2. The largest absolute Gasteiger partial charge is 0.196 e. The molecule has 0 aromatic rings. The van der Waals surface area contributed by atoms with Crippen LogP contribution < -0.4 is 0 Å². The average Bonchev–Trinajstić information content (AvgIpc) is 2.77. The lowest BCUT2D eigenvalue weighted by molar-refractivity contribution is -0.00213. The molecular formula is C10H13BrN2. The van der Waals surface area contributed by atoms with Crippen molar-refractivity contribution in [3.63, 3.8) is 0 Å². The van der Waals surface area contributed by atoms with E-state index in [4.69, 9.17) is 0 Å². The Morgan fingerprint density at radius 1 is 1.00 bits per heavy atom. The number of hydrogen-bond acceptors (Lipinski definition) is 2. The van der Waals surface area contributed by atoms with E-state index in [1.54, 1.807) is 0 Å². The van der Waals surface area contributed by atoms with Crippen LogP contribution in [0.3, 0.4) is 0 Å². The van der Waals surface area contributed by atoms with Crippen LogP contribution in [0, 0.1) is 17.8 Å². The van der Waals surface area contributed by atoms with Crippen LogP contribution in [0.5, 0.6) is 0 Å². The van der Waals surface area contributed by atoms with Gasteiger partial charge in [0.25, 0.3) is 0 Å². The Labute approximate surface area is 86.3 Å². The normalized spacial score (nSPS) is 59.0. The summed E-state index contributed by atoms with van der Waals surface area (Å²) in [6, 6.07) is 0. The molecule has 4 bridgehead atoms. The van der Waals surface area contributed by atoms with Crippen LogP contribution in [0.25, 0.3) is 0 Å². The fourth-order valence-corrected chi connectivity index (χ4v) is 5.49. The summed E-state index contributed by atoms with van der Waals surface area (Å²) in [7, 11) is 0.